The maximum atomic E-state index is 13.0. The van der Waals surface area contributed by atoms with Gasteiger partial charge < -0.3 is 4.90 Å². The van der Waals surface area contributed by atoms with E-state index in [1.165, 1.54) is 12.3 Å². The highest BCUT2D eigenvalue weighted by Crippen LogP contribution is 2.12. The molecule has 0 aliphatic carbocycles. The van der Waals surface area contributed by atoms with Crippen LogP contribution < -0.4 is 0 Å². The molecule has 1 aromatic heterocycles. The number of hydrogen-bond donors (Lipinski definition) is 0. The van der Waals surface area contributed by atoms with Crippen molar-refractivity contribution in [2.75, 3.05) is 26.2 Å². The van der Waals surface area contributed by atoms with Crippen LogP contribution in [0.3, 0.4) is 0 Å². The van der Waals surface area contributed by atoms with E-state index >= 15 is 0 Å². The molecule has 20 heavy (non-hydrogen) atoms. The zero-order valence-electron chi connectivity index (χ0n) is 11.4. The average Bonchev–Trinajstić information content (AvgIpc) is 2.48. The lowest BCUT2D eigenvalue weighted by molar-refractivity contribution is 0.0604. The molecule has 2 rings (SSSR count). The van der Waals surface area contributed by atoms with Crippen molar-refractivity contribution in [1.82, 2.24) is 14.8 Å². The summed E-state index contributed by atoms with van der Waals surface area (Å²) < 4.78 is 13.0. The Bertz CT molecular complexity index is 520. The monoisotopic (exact) mass is 276 g/mol. The minimum atomic E-state index is -0.648. The van der Waals surface area contributed by atoms with Gasteiger partial charge in [0.25, 0.3) is 5.91 Å². The molecule has 0 bridgehead atoms. The Hall–Kier alpha value is -2.00. The molecule has 0 aromatic carbocycles. The Balaban J connectivity index is 1.97. The first-order chi connectivity index (χ1) is 9.65. The summed E-state index contributed by atoms with van der Waals surface area (Å²) in [5.74, 6) is -0.832. The van der Waals surface area contributed by atoms with Crippen molar-refractivity contribution in [3.63, 3.8) is 0 Å². The highest BCUT2D eigenvalue weighted by molar-refractivity contribution is 5.94. The molecule has 5 nitrogen and oxygen atoms in total. The van der Waals surface area contributed by atoms with E-state index in [-0.39, 0.29) is 11.9 Å². The zero-order chi connectivity index (χ0) is 14.5. The molecule has 1 atom stereocenters. The van der Waals surface area contributed by atoms with E-state index in [9.17, 15) is 9.18 Å². The summed E-state index contributed by atoms with van der Waals surface area (Å²) in [5.41, 5.74) is 0.318. The topological polar surface area (TPSA) is 60.2 Å². The number of amides is 1. The number of rotatable bonds is 3. The predicted molar refractivity (Wildman–Crippen MR) is 71.4 cm³/mol. The second kappa shape index (κ2) is 6.44. The number of carbonyl (C=O) groups excluding carboxylic acids is 1. The normalized spacial score (nSPS) is 17.6. The molecule has 0 saturated carbocycles. The molecule has 1 aromatic rings. The lowest BCUT2D eigenvalue weighted by atomic mass is 10.1. The van der Waals surface area contributed by atoms with Crippen molar-refractivity contribution in [2.45, 2.75) is 19.4 Å². The maximum absolute atomic E-state index is 13.0. The standard InChI is InChI=1S/C14H17FN4O/c1-2-12(10-16)18-5-7-19(8-6-18)14(20)11-3-4-17-13(15)9-11/h3-4,9,12H,2,5-8H2,1H3. The van der Waals surface area contributed by atoms with Crippen molar-refractivity contribution in [1.29, 1.82) is 5.26 Å². The van der Waals surface area contributed by atoms with E-state index in [1.54, 1.807) is 4.90 Å². The van der Waals surface area contributed by atoms with Crippen molar-refractivity contribution < 1.29 is 9.18 Å². The van der Waals surface area contributed by atoms with Crippen molar-refractivity contribution >= 4 is 5.91 Å². The van der Waals surface area contributed by atoms with E-state index < -0.39 is 5.95 Å². The van der Waals surface area contributed by atoms with Gasteiger partial charge in [-0.15, -0.1) is 0 Å². The first kappa shape index (κ1) is 14.4. The van der Waals surface area contributed by atoms with Crippen LogP contribution in [0.25, 0.3) is 0 Å². The number of nitrogens with zero attached hydrogens (tertiary/aromatic N) is 4. The second-order valence-corrected chi connectivity index (χ2v) is 4.75. The number of hydrogen-bond acceptors (Lipinski definition) is 4. The number of carbonyl (C=O) groups is 1. The van der Waals surface area contributed by atoms with Crippen molar-refractivity contribution in [3.8, 4) is 6.07 Å². The Kier molecular flexibility index (Phi) is 4.64. The molecule has 0 N–H and O–H groups in total. The fourth-order valence-electron chi connectivity index (χ4n) is 2.39. The van der Waals surface area contributed by atoms with Crippen LogP contribution in [0.15, 0.2) is 18.3 Å². The number of pyridine rings is 1. The fourth-order valence-corrected chi connectivity index (χ4v) is 2.39. The summed E-state index contributed by atoms with van der Waals surface area (Å²) >= 11 is 0. The predicted octanol–water partition coefficient (Wildman–Crippen LogP) is 1.28. The van der Waals surface area contributed by atoms with E-state index in [4.69, 9.17) is 5.26 Å². The molecule has 0 spiro atoms. The second-order valence-electron chi connectivity index (χ2n) is 4.75. The van der Waals surface area contributed by atoms with Gasteiger partial charge in [0.15, 0.2) is 0 Å². The molecule has 1 aliphatic heterocycles. The van der Waals surface area contributed by atoms with Gasteiger partial charge in [-0.25, -0.2) is 4.98 Å². The number of piperazine rings is 1. The van der Waals surface area contributed by atoms with Gasteiger partial charge in [-0.3, -0.25) is 9.69 Å². The van der Waals surface area contributed by atoms with Crippen LogP contribution in [-0.4, -0.2) is 52.9 Å². The molecule has 6 heteroatoms. The van der Waals surface area contributed by atoms with Gasteiger partial charge in [-0.05, 0) is 12.5 Å². The molecule has 1 aliphatic rings. The number of nitriles is 1. The van der Waals surface area contributed by atoms with Crippen LogP contribution in [0.1, 0.15) is 23.7 Å². The van der Waals surface area contributed by atoms with Gasteiger partial charge in [0.1, 0.15) is 0 Å². The highest BCUT2D eigenvalue weighted by atomic mass is 19.1. The highest BCUT2D eigenvalue weighted by Gasteiger charge is 2.25. The van der Waals surface area contributed by atoms with Crippen molar-refractivity contribution in [3.05, 3.63) is 29.8 Å². The maximum Gasteiger partial charge on any atom is 0.254 e. The first-order valence-corrected chi connectivity index (χ1v) is 6.70. The summed E-state index contributed by atoms with van der Waals surface area (Å²) in [6.07, 6.45) is 2.07. The Labute approximate surface area is 117 Å². The summed E-state index contributed by atoms with van der Waals surface area (Å²) in [7, 11) is 0. The van der Waals surface area contributed by atoms with Crippen LogP contribution in [0.4, 0.5) is 4.39 Å². The molecule has 0 radical (unpaired) electrons. The molecule has 106 valence electrons. The zero-order valence-corrected chi connectivity index (χ0v) is 11.4. The largest absolute Gasteiger partial charge is 0.336 e. The van der Waals surface area contributed by atoms with E-state index in [1.807, 2.05) is 6.92 Å². The minimum Gasteiger partial charge on any atom is -0.336 e. The van der Waals surface area contributed by atoms with Gasteiger partial charge in [0.05, 0.1) is 12.1 Å². The van der Waals surface area contributed by atoms with E-state index in [0.29, 0.717) is 31.7 Å². The molecular weight excluding hydrogens is 259 g/mol. The summed E-state index contributed by atoms with van der Waals surface area (Å²) in [5, 5.41) is 9.04. The fraction of sp³-hybridized carbons (Fsp3) is 0.500. The third-order valence-electron chi connectivity index (χ3n) is 3.55. The summed E-state index contributed by atoms with van der Waals surface area (Å²) in [4.78, 5) is 19.4. The first-order valence-electron chi connectivity index (χ1n) is 6.70. The van der Waals surface area contributed by atoms with Crippen LogP contribution >= 0.6 is 0 Å². The van der Waals surface area contributed by atoms with Crippen LogP contribution in [0.2, 0.25) is 0 Å². The lowest BCUT2D eigenvalue weighted by Crippen LogP contribution is -2.51. The molecule has 1 fully saturated rings. The van der Waals surface area contributed by atoms with Crippen LogP contribution in [0, 0.1) is 17.3 Å². The summed E-state index contributed by atoms with van der Waals surface area (Å²) in [6.45, 7) is 4.43. The number of aromatic nitrogens is 1. The Morgan fingerprint density at radius 2 is 2.20 bits per heavy atom. The van der Waals surface area contributed by atoms with Crippen molar-refractivity contribution in [2.24, 2.45) is 0 Å². The molecule has 2 heterocycles. The Morgan fingerprint density at radius 3 is 2.75 bits per heavy atom. The Morgan fingerprint density at radius 1 is 1.50 bits per heavy atom. The van der Waals surface area contributed by atoms with E-state index in [2.05, 4.69) is 16.0 Å². The van der Waals surface area contributed by atoms with Gasteiger partial charge in [-0.2, -0.15) is 9.65 Å². The number of halogens is 1. The third kappa shape index (κ3) is 3.11. The van der Waals surface area contributed by atoms with Crippen LogP contribution in [0.5, 0.6) is 0 Å². The molecular formula is C14H17FN4O. The third-order valence-corrected chi connectivity index (χ3v) is 3.55. The molecule has 1 amide bonds. The van der Waals surface area contributed by atoms with Gasteiger partial charge >= 0.3 is 0 Å². The van der Waals surface area contributed by atoms with Crippen LogP contribution in [-0.2, 0) is 0 Å². The molecule has 1 unspecified atom stereocenters. The molecule has 1 saturated heterocycles. The van der Waals surface area contributed by atoms with Gasteiger partial charge in [0, 0.05) is 44.0 Å². The smallest absolute Gasteiger partial charge is 0.254 e. The van der Waals surface area contributed by atoms with Gasteiger partial charge in [0.2, 0.25) is 5.95 Å². The van der Waals surface area contributed by atoms with Gasteiger partial charge in [-0.1, -0.05) is 6.92 Å². The van der Waals surface area contributed by atoms with E-state index in [0.717, 1.165) is 12.5 Å². The quantitative estimate of drug-likeness (QED) is 0.780. The summed E-state index contributed by atoms with van der Waals surface area (Å²) in [6, 6.07) is 4.84. The lowest BCUT2D eigenvalue weighted by Gasteiger charge is -2.36. The average molecular weight is 276 g/mol. The SMILES string of the molecule is CCC(C#N)N1CCN(C(=O)c2ccnc(F)c2)CC1. The minimum absolute atomic E-state index is 0.0920.